The van der Waals surface area contributed by atoms with E-state index in [1.54, 1.807) is 19.2 Å². The van der Waals surface area contributed by atoms with Crippen LogP contribution in [0.2, 0.25) is 0 Å². The Kier molecular flexibility index (Phi) is 7.07. The molecule has 27 heavy (non-hydrogen) atoms. The lowest BCUT2D eigenvalue weighted by atomic mass is 10.2. The van der Waals surface area contributed by atoms with Crippen LogP contribution in [0.3, 0.4) is 0 Å². The first-order valence-corrected chi connectivity index (χ1v) is 10.4. The molecule has 148 valence electrons. The van der Waals surface area contributed by atoms with E-state index in [1.165, 1.54) is 25.7 Å². The van der Waals surface area contributed by atoms with Crippen LogP contribution >= 0.6 is 0 Å². The Morgan fingerprint density at radius 3 is 2.07 bits per heavy atom. The molecule has 3 rings (SSSR count). The number of carbonyl (C=O) groups excluding carboxylic acids is 2. The summed E-state index contributed by atoms with van der Waals surface area (Å²) in [7, 11) is 0. The zero-order valence-electron chi connectivity index (χ0n) is 16.4. The molecule has 2 saturated heterocycles. The van der Waals surface area contributed by atoms with Crippen LogP contribution in [0.25, 0.3) is 0 Å². The fourth-order valence-electron chi connectivity index (χ4n) is 3.82. The van der Waals surface area contributed by atoms with Crippen molar-refractivity contribution >= 4 is 17.7 Å². The predicted octanol–water partition coefficient (Wildman–Crippen LogP) is 3.41. The molecule has 2 aliphatic rings. The summed E-state index contributed by atoms with van der Waals surface area (Å²) >= 11 is 0. The number of likely N-dealkylation sites (tertiary alicyclic amines) is 1. The first kappa shape index (κ1) is 19.6. The zero-order valence-corrected chi connectivity index (χ0v) is 16.4. The second kappa shape index (κ2) is 9.72. The van der Waals surface area contributed by atoms with Gasteiger partial charge in [-0.25, -0.2) is 9.78 Å². The summed E-state index contributed by atoms with van der Waals surface area (Å²) < 4.78 is 5.41. The van der Waals surface area contributed by atoms with Crippen molar-refractivity contribution in [1.29, 1.82) is 0 Å². The maximum absolute atomic E-state index is 12.5. The number of rotatable bonds is 4. The van der Waals surface area contributed by atoms with Gasteiger partial charge in [0.1, 0.15) is 5.82 Å². The van der Waals surface area contributed by atoms with Crippen LogP contribution in [0.1, 0.15) is 68.6 Å². The van der Waals surface area contributed by atoms with Crippen LogP contribution in [0.5, 0.6) is 0 Å². The van der Waals surface area contributed by atoms with E-state index in [0.29, 0.717) is 5.56 Å². The van der Waals surface area contributed by atoms with Gasteiger partial charge in [0, 0.05) is 32.4 Å². The molecule has 0 aliphatic carbocycles. The van der Waals surface area contributed by atoms with E-state index < -0.39 is 12.1 Å². The van der Waals surface area contributed by atoms with Gasteiger partial charge in [-0.3, -0.25) is 4.79 Å². The van der Waals surface area contributed by atoms with E-state index in [2.05, 4.69) is 9.88 Å². The highest BCUT2D eigenvalue weighted by Gasteiger charge is 2.25. The Balaban J connectivity index is 1.56. The van der Waals surface area contributed by atoms with Gasteiger partial charge in [-0.05, 0) is 44.7 Å². The Bertz CT molecular complexity index is 616. The molecule has 0 spiro atoms. The third-order valence-electron chi connectivity index (χ3n) is 5.46. The molecule has 6 heteroatoms. The van der Waals surface area contributed by atoms with E-state index in [4.69, 9.17) is 4.74 Å². The van der Waals surface area contributed by atoms with Gasteiger partial charge in [0.15, 0.2) is 6.10 Å². The number of pyridine rings is 1. The smallest absolute Gasteiger partial charge is 0.340 e. The van der Waals surface area contributed by atoms with Crippen LogP contribution in [0.4, 0.5) is 5.82 Å². The minimum absolute atomic E-state index is 0.0978. The van der Waals surface area contributed by atoms with Gasteiger partial charge in [0.2, 0.25) is 0 Å². The van der Waals surface area contributed by atoms with Gasteiger partial charge in [0.05, 0.1) is 5.56 Å². The van der Waals surface area contributed by atoms with E-state index in [9.17, 15) is 9.59 Å². The molecule has 1 aromatic rings. The van der Waals surface area contributed by atoms with Gasteiger partial charge >= 0.3 is 5.97 Å². The van der Waals surface area contributed by atoms with Gasteiger partial charge in [-0.1, -0.05) is 25.7 Å². The van der Waals surface area contributed by atoms with Crippen molar-refractivity contribution in [3.05, 3.63) is 23.9 Å². The molecule has 0 N–H and O–H groups in total. The molecule has 0 bridgehead atoms. The molecule has 0 saturated carbocycles. The number of anilines is 1. The van der Waals surface area contributed by atoms with Crippen LogP contribution in [0.15, 0.2) is 18.3 Å². The number of aromatic nitrogens is 1. The zero-order chi connectivity index (χ0) is 19.1. The summed E-state index contributed by atoms with van der Waals surface area (Å²) in [5.74, 6) is 0.321. The quantitative estimate of drug-likeness (QED) is 0.757. The number of esters is 1. The molecule has 1 atom stereocenters. The monoisotopic (exact) mass is 373 g/mol. The fourth-order valence-corrected chi connectivity index (χ4v) is 3.82. The summed E-state index contributed by atoms with van der Waals surface area (Å²) in [6, 6.07) is 3.63. The second-order valence-corrected chi connectivity index (χ2v) is 7.59. The largest absolute Gasteiger partial charge is 0.449 e. The van der Waals surface area contributed by atoms with Crippen molar-refractivity contribution in [2.75, 3.05) is 31.1 Å². The molecule has 1 unspecified atom stereocenters. The first-order valence-electron chi connectivity index (χ1n) is 10.4. The van der Waals surface area contributed by atoms with Crippen LogP contribution in [-0.2, 0) is 9.53 Å². The second-order valence-electron chi connectivity index (χ2n) is 7.59. The maximum Gasteiger partial charge on any atom is 0.340 e. The summed E-state index contributed by atoms with van der Waals surface area (Å²) in [6.45, 7) is 5.19. The van der Waals surface area contributed by atoms with Crippen molar-refractivity contribution in [3.8, 4) is 0 Å². The summed E-state index contributed by atoms with van der Waals surface area (Å²) in [6.07, 6.45) is 10.1. The van der Waals surface area contributed by atoms with Gasteiger partial charge in [0.25, 0.3) is 5.91 Å². The summed E-state index contributed by atoms with van der Waals surface area (Å²) in [5.41, 5.74) is 0.393. The number of hydrogen-bond acceptors (Lipinski definition) is 5. The Morgan fingerprint density at radius 1 is 0.926 bits per heavy atom. The van der Waals surface area contributed by atoms with E-state index >= 15 is 0 Å². The lowest BCUT2D eigenvalue weighted by molar-refractivity contribution is -0.139. The van der Waals surface area contributed by atoms with E-state index in [1.807, 2.05) is 11.0 Å². The van der Waals surface area contributed by atoms with Gasteiger partial charge in [-0.2, -0.15) is 0 Å². The van der Waals surface area contributed by atoms with E-state index in [-0.39, 0.29) is 5.91 Å². The normalized spacial score (nSPS) is 19.7. The standard InChI is InChI=1S/C21H31N3O3/c1-17(20(25)24-14-8-4-5-9-15-24)27-21(26)18-10-11-19(22-16-18)23-12-6-2-3-7-13-23/h10-11,16-17H,2-9,12-15H2,1H3. The third kappa shape index (κ3) is 5.44. The molecule has 0 radical (unpaired) electrons. The number of carbonyl (C=O) groups is 2. The van der Waals surface area contributed by atoms with Crippen molar-refractivity contribution in [3.63, 3.8) is 0 Å². The Labute approximate surface area is 161 Å². The number of ether oxygens (including phenoxy) is 1. The number of nitrogens with zero attached hydrogens (tertiary/aromatic N) is 3. The lowest BCUT2D eigenvalue weighted by Gasteiger charge is -2.24. The highest BCUT2D eigenvalue weighted by molar-refractivity contribution is 5.92. The van der Waals surface area contributed by atoms with Gasteiger partial charge in [-0.15, -0.1) is 0 Å². The van der Waals surface area contributed by atoms with E-state index in [0.717, 1.165) is 57.7 Å². The highest BCUT2D eigenvalue weighted by atomic mass is 16.5. The van der Waals surface area contributed by atoms with Crippen molar-refractivity contribution < 1.29 is 14.3 Å². The number of hydrogen-bond donors (Lipinski definition) is 0. The minimum Gasteiger partial charge on any atom is -0.449 e. The molecule has 6 nitrogen and oxygen atoms in total. The molecule has 1 aromatic heterocycles. The third-order valence-corrected chi connectivity index (χ3v) is 5.46. The van der Waals surface area contributed by atoms with Crippen LogP contribution in [-0.4, -0.2) is 54.0 Å². The topological polar surface area (TPSA) is 62.7 Å². The molecular weight excluding hydrogens is 342 g/mol. The summed E-state index contributed by atoms with van der Waals surface area (Å²) in [5, 5.41) is 0. The highest BCUT2D eigenvalue weighted by Crippen LogP contribution is 2.18. The molecule has 0 aromatic carbocycles. The van der Waals surface area contributed by atoms with Crippen molar-refractivity contribution in [2.45, 2.75) is 64.4 Å². The van der Waals surface area contributed by atoms with Crippen LogP contribution in [0, 0.1) is 0 Å². The molecular formula is C21H31N3O3. The fraction of sp³-hybridized carbons (Fsp3) is 0.667. The van der Waals surface area contributed by atoms with Crippen LogP contribution < -0.4 is 4.90 Å². The maximum atomic E-state index is 12.5. The molecule has 1 amide bonds. The first-order chi connectivity index (χ1) is 13.1. The predicted molar refractivity (Wildman–Crippen MR) is 105 cm³/mol. The van der Waals surface area contributed by atoms with Crippen molar-refractivity contribution in [2.24, 2.45) is 0 Å². The van der Waals surface area contributed by atoms with Crippen molar-refractivity contribution in [1.82, 2.24) is 9.88 Å². The lowest BCUT2D eigenvalue weighted by Crippen LogP contribution is -2.40. The number of amides is 1. The average Bonchev–Trinajstić information content (AvgIpc) is 3.12. The Morgan fingerprint density at radius 2 is 1.52 bits per heavy atom. The average molecular weight is 373 g/mol. The molecule has 3 heterocycles. The minimum atomic E-state index is -0.763. The molecule has 2 fully saturated rings. The summed E-state index contributed by atoms with van der Waals surface area (Å²) in [4.78, 5) is 33.5. The van der Waals surface area contributed by atoms with Gasteiger partial charge < -0.3 is 14.5 Å². The SMILES string of the molecule is CC(OC(=O)c1ccc(N2CCCCCC2)nc1)C(=O)N1CCCCCC1. The molecule has 2 aliphatic heterocycles. The Hall–Kier alpha value is -2.11.